The zero-order chi connectivity index (χ0) is 8.97. The van der Waals surface area contributed by atoms with E-state index in [-0.39, 0.29) is 5.01 Å². The van der Waals surface area contributed by atoms with Gasteiger partial charge in [0.15, 0.2) is 6.29 Å². The van der Waals surface area contributed by atoms with Gasteiger partial charge in [-0.1, -0.05) is 0 Å². The molecule has 0 saturated carbocycles. The molecule has 0 spiro atoms. The summed E-state index contributed by atoms with van der Waals surface area (Å²) >= 11 is 0.979. The number of nitrogens with zero attached hydrogens (tertiary/aromatic N) is 1. The molecule has 0 bridgehead atoms. The first-order valence-corrected chi connectivity index (χ1v) is 3.76. The molecule has 1 rings (SSSR count). The Hall–Kier alpha value is -1.67. The van der Waals surface area contributed by atoms with Crippen LogP contribution in [0, 0.1) is 11.8 Å². The van der Waals surface area contributed by atoms with Crippen molar-refractivity contribution in [2.45, 2.75) is 0 Å². The summed E-state index contributed by atoms with van der Waals surface area (Å²) in [7, 11) is 0. The van der Waals surface area contributed by atoms with Crippen molar-refractivity contribution in [1.29, 1.82) is 0 Å². The van der Waals surface area contributed by atoms with Gasteiger partial charge in [0, 0.05) is 5.38 Å². The normalized spacial score (nSPS) is 8.33. The van der Waals surface area contributed by atoms with Gasteiger partial charge in [-0.15, -0.1) is 11.3 Å². The molecule has 1 aromatic heterocycles. The van der Waals surface area contributed by atoms with Crippen LogP contribution in [0.1, 0.15) is 15.5 Å². The Morgan fingerprint density at radius 2 is 2.50 bits per heavy atom. The number of thiazole rings is 1. The van der Waals surface area contributed by atoms with Gasteiger partial charge < -0.3 is 5.11 Å². The Morgan fingerprint density at radius 3 is 3.00 bits per heavy atom. The SMILES string of the molecule is O=CC#Cc1csc(C(=O)O)n1. The molecule has 1 N–H and O–H groups in total. The maximum Gasteiger partial charge on any atom is 0.365 e. The van der Waals surface area contributed by atoms with Gasteiger partial charge in [0.1, 0.15) is 5.69 Å². The van der Waals surface area contributed by atoms with Crippen molar-refractivity contribution in [3.8, 4) is 11.8 Å². The van der Waals surface area contributed by atoms with E-state index in [1.807, 2.05) is 0 Å². The summed E-state index contributed by atoms with van der Waals surface area (Å²) in [6, 6.07) is 0. The fraction of sp³-hybridized carbons (Fsp3) is 0. The first-order valence-electron chi connectivity index (χ1n) is 2.88. The topological polar surface area (TPSA) is 67.3 Å². The molecule has 0 radical (unpaired) electrons. The molecule has 0 atom stereocenters. The van der Waals surface area contributed by atoms with E-state index >= 15 is 0 Å². The predicted octanol–water partition coefficient (Wildman–Crippen LogP) is 0.392. The van der Waals surface area contributed by atoms with Crippen LogP contribution < -0.4 is 0 Å². The maximum atomic E-state index is 10.3. The Balaban J connectivity index is 2.91. The van der Waals surface area contributed by atoms with Crippen molar-refractivity contribution in [1.82, 2.24) is 4.98 Å². The highest BCUT2D eigenvalue weighted by Crippen LogP contribution is 2.07. The number of rotatable bonds is 1. The lowest BCUT2D eigenvalue weighted by molar-refractivity contribution is -0.103. The van der Waals surface area contributed by atoms with E-state index in [0.29, 0.717) is 12.0 Å². The number of carboxylic acid groups (broad SMARTS) is 1. The van der Waals surface area contributed by atoms with Crippen LogP contribution >= 0.6 is 11.3 Å². The lowest BCUT2D eigenvalue weighted by atomic mass is 10.5. The minimum absolute atomic E-state index is 0.0230. The van der Waals surface area contributed by atoms with Crippen LogP contribution in [0.5, 0.6) is 0 Å². The molecule has 0 amide bonds. The zero-order valence-electron chi connectivity index (χ0n) is 5.77. The Morgan fingerprint density at radius 1 is 1.75 bits per heavy atom. The van der Waals surface area contributed by atoms with Gasteiger partial charge in [-0.3, -0.25) is 4.79 Å². The molecule has 5 heteroatoms. The summed E-state index contributed by atoms with van der Waals surface area (Å²) in [6.07, 6.45) is 0.430. The second kappa shape index (κ2) is 3.64. The van der Waals surface area contributed by atoms with Crippen LogP contribution in [0.15, 0.2) is 5.38 Å². The molecule has 12 heavy (non-hydrogen) atoms. The highest BCUT2D eigenvalue weighted by Gasteiger charge is 2.06. The number of carbonyl (C=O) groups excluding carboxylic acids is 1. The van der Waals surface area contributed by atoms with E-state index in [1.54, 1.807) is 0 Å². The van der Waals surface area contributed by atoms with Gasteiger partial charge in [0.25, 0.3) is 0 Å². The summed E-state index contributed by atoms with van der Waals surface area (Å²) in [5.41, 5.74) is 0.310. The van der Waals surface area contributed by atoms with E-state index in [0.717, 1.165) is 11.3 Å². The molecular formula is C7H3NO3S. The molecule has 0 aliphatic rings. The van der Waals surface area contributed by atoms with Gasteiger partial charge in [0.2, 0.25) is 5.01 Å². The monoisotopic (exact) mass is 181 g/mol. The van der Waals surface area contributed by atoms with Crippen molar-refractivity contribution in [2.75, 3.05) is 0 Å². The van der Waals surface area contributed by atoms with Crippen LogP contribution in [0.3, 0.4) is 0 Å². The number of aromatic nitrogens is 1. The lowest BCUT2D eigenvalue weighted by Gasteiger charge is -1.79. The van der Waals surface area contributed by atoms with E-state index < -0.39 is 5.97 Å². The van der Waals surface area contributed by atoms with Crippen LogP contribution in [-0.4, -0.2) is 22.3 Å². The van der Waals surface area contributed by atoms with Gasteiger partial charge in [-0.2, -0.15) is 0 Å². The molecule has 60 valence electrons. The molecule has 0 aromatic carbocycles. The van der Waals surface area contributed by atoms with Crippen molar-refractivity contribution >= 4 is 23.6 Å². The number of carboxylic acids is 1. The highest BCUT2D eigenvalue weighted by molar-refractivity contribution is 7.11. The van der Waals surface area contributed by atoms with Crippen molar-refractivity contribution < 1.29 is 14.7 Å². The second-order valence-corrected chi connectivity index (χ2v) is 2.59. The minimum atomic E-state index is -1.08. The van der Waals surface area contributed by atoms with Gasteiger partial charge in [-0.05, 0) is 11.8 Å². The molecule has 0 aliphatic heterocycles. The summed E-state index contributed by atoms with van der Waals surface area (Å²) < 4.78 is 0. The summed E-state index contributed by atoms with van der Waals surface area (Å²) in [5.74, 6) is 3.44. The van der Waals surface area contributed by atoms with Crippen LogP contribution in [-0.2, 0) is 4.79 Å². The van der Waals surface area contributed by atoms with E-state index in [9.17, 15) is 9.59 Å². The van der Waals surface area contributed by atoms with E-state index in [4.69, 9.17) is 5.11 Å². The average Bonchev–Trinajstić information content (AvgIpc) is 2.48. The zero-order valence-corrected chi connectivity index (χ0v) is 6.59. The molecule has 0 aliphatic carbocycles. The van der Waals surface area contributed by atoms with Gasteiger partial charge in [0.05, 0.1) is 0 Å². The Labute approximate surface area is 71.9 Å². The standard InChI is InChI=1S/C7H3NO3S/c9-3-1-2-5-4-12-6(8-5)7(10)11/h3-4H,(H,10,11). The van der Waals surface area contributed by atoms with E-state index in [1.165, 1.54) is 5.38 Å². The fourth-order valence-electron chi connectivity index (χ4n) is 0.533. The smallest absolute Gasteiger partial charge is 0.365 e. The maximum absolute atomic E-state index is 10.3. The molecule has 1 aromatic rings. The molecule has 0 fully saturated rings. The number of aldehydes is 1. The molecule has 0 unspecified atom stereocenters. The summed E-state index contributed by atoms with van der Waals surface area (Å²) in [6.45, 7) is 0. The fourth-order valence-corrected chi connectivity index (χ4v) is 1.12. The number of hydrogen-bond acceptors (Lipinski definition) is 4. The highest BCUT2D eigenvalue weighted by atomic mass is 32.1. The number of carbonyl (C=O) groups is 2. The summed E-state index contributed by atoms with van der Waals surface area (Å²) in [4.78, 5) is 23.8. The van der Waals surface area contributed by atoms with Crippen molar-refractivity contribution in [3.05, 3.63) is 16.1 Å². The predicted molar refractivity (Wildman–Crippen MR) is 42.0 cm³/mol. The first-order chi connectivity index (χ1) is 5.74. The Bertz CT molecular complexity index is 371. The third kappa shape index (κ3) is 1.90. The van der Waals surface area contributed by atoms with Gasteiger partial charge in [-0.25, -0.2) is 9.78 Å². The number of hydrogen-bond donors (Lipinski definition) is 1. The molecule has 4 nitrogen and oxygen atoms in total. The minimum Gasteiger partial charge on any atom is -0.476 e. The lowest BCUT2D eigenvalue weighted by Crippen LogP contribution is -1.94. The summed E-state index contributed by atoms with van der Waals surface area (Å²) in [5, 5.41) is 9.92. The van der Waals surface area contributed by atoms with Crippen molar-refractivity contribution in [2.24, 2.45) is 0 Å². The van der Waals surface area contributed by atoms with Gasteiger partial charge >= 0.3 is 5.97 Å². The van der Waals surface area contributed by atoms with Crippen molar-refractivity contribution in [3.63, 3.8) is 0 Å². The molecule has 1 heterocycles. The largest absolute Gasteiger partial charge is 0.476 e. The molecule has 0 saturated heterocycles. The molecular weight excluding hydrogens is 178 g/mol. The Kier molecular flexibility index (Phi) is 2.56. The second-order valence-electron chi connectivity index (χ2n) is 1.73. The third-order valence-corrected chi connectivity index (χ3v) is 1.78. The quantitative estimate of drug-likeness (QED) is 0.502. The first kappa shape index (κ1) is 8.43. The number of aromatic carboxylic acids is 1. The van der Waals surface area contributed by atoms with Crippen LogP contribution in [0.4, 0.5) is 0 Å². The van der Waals surface area contributed by atoms with Crippen LogP contribution in [0.2, 0.25) is 0 Å². The average molecular weight is 181 g/mol. The third-order valence-electron chi connectivity index (χ3n) is 0.946. The van der Waals surface area contributed by atoms with Crippen LogP contribution in [0.25, 0.3) is 0 Å². The van der Waals surface area contributed by atoms with E-state index in [2.05, 4.69) is 16.8 Å².